The van der Waals surface area contributed by atoms with E-state index in [-0.39, 0.29) is 17.6 Å². The highest BCUT2D eigenvalue weighted by molar-refractivity contribution is 5.95. The Morgan fingerprint density at radius 2 is 2.24 bits per heavy atom. The highest BCUT2D eigenvalue weighted by atomic mass is 16.5. The second-order valence-corrected chi connectivity index (χ2v) is 4.40. The van der Waals surface area contributed by atoms with Crippen molar-refractivity contribution in [2.45, 2.75) is 6.92 Å². The highest BCUT2D eigenvalue weighted by Gasteiger charge is 2.15. The van der Waals surface area contributed by atoms with E-state index in [4.69, 9.17) is 4.74 Å². The van der Waals surface area contributed by atoms with Crippen molar-refractivity contribution >= 4 is 16.9 Å². The molecule has 0 saturated carbocycles. The van der Waals surface area contributed by atoms with Crippen molar-refractivity contribution < 1.29 is 9.53 Å². The maximum atomic E-state index is 12.4. The molecule has 0 aliphatic rings. The Labute approximate surface area is 120 Å². The number of fused-ring (bicyclic) bond motifs is 1. The van der Waals surface area contributed by atoms with Crippen molar-refractivity contribution in [3.05, 3.63) is 58.6 Å². The summed E-state index contributed by atoms with van der Waals surface area (Å²) in [4.78, 5) is 27.2. The van der Waals surface area contributed by atoms with Crippen LogP contribution in [0.15, 0.2) is 47.7 Å². The first kappa shape index (κ1) is 13.1. The van der Waals surface area contributed by atoms with Crippen molar-refractivity contribution in [3.8, 4) is 5.69 Å². The first-order valence-electron chi connectivity index (χ1n) is 6.54. The number of hydrogen-bond acceptors (Lipinski definition) is 4. The van der Waals surface area contributed by atoms with Crippen LogP contribution in [-0.4, -0.2) is 27.3 Å². The molecule has 0 aliphatic carbocycles. The van der Waals surface area contributed by atoms with Gasteiger partial charge in [-0.1, -0.05) is 6.07 Å². The zero-order valence-corrected chi connectivity index (χ0v) is 11.4. The number of carbonyl (C=O) groups excluding carboxylic acids is 1. The molecule has 0 spiro atoms. The average molecular weight is 283 g/mol. The van der Waals surface area contributed by atoms with Gasteiger partial charge in [0.1, 0.15) is 5.56 Å². The van der Waals surface area contributed by atoms with Gasteiger partial charge in [0.25, 0.3) is 0 Å². The normalized spacial score (nSPS) is 10.7. The van der Waals surface area contributed by atoms with Crippen molar-refractivity contribution in [2.24, 2.45) is 0 Å². The molecule has 0 atom stereocenters. The second-order valence-electron chi connectivity index (χ2n) is 4.40. The van der Waals surface area contributed by atoms with E-state index < -0.39 is 5.97 Å². The number of ether oxygens (including phenoxy) is 1. The fourth-order valence-electron chi connectivity index (χ4n) is 2.20. The SMILES string of the molecule is CCOC(=O)c1c[nH]c2c(-n3cccn3)cccc2c1=O. The zero-order valence-electron chi connectivity index (χ0n) is 11.4. The van der Waals surface area contributed by atoms with Gasteiger partial charge in [-0.05, 0) is 25.1 Å². The number of para-hydroxylation sites is 1. The van der Waals surface area contributed by atoms with Crippen LogP contribution in [0.3, 0.4) is 0 Å². The number of aromatic amines is 1. The lowest BCUT2D eigenvalue weighted by molar-refractivity contribution is 0.0524. The van der Waals surface area contributed by atoms with Crippen LogP contribution in [-0.2, 0) is 4.74 Å². The van der Waals surface area contributed by atoms with Gasteiger partial charge in [-0.3, -0.25) is 4.79 Å². The predicted octanol–water partition coefficient (Wildman–Crippen LogP) is 1.89. The van der Waals surface area contributed by atoms with Crippen LogP contribution >= 0.6 is 0 Å². The Kier molecular flexibility index (Phi) is 3.27. The number of nitrogens with zero attached hydrogens (tertiary/aromatic N) is 2. The fourth-order valence-corrected chi connectivity index (χ4v) is 2.20. The first-order chi connectivity index (χ1) is 10.2. The third-order valence-corrected chi connectivity index (χ3v) is 3.14. The highest BCUT2D eigenvalue weighted by Crippen LogP contribution is 2.17. The molecule has 0 saturated heterocycles. The van der Waals surface area contributed by atoms with E-state index in [1.54, 1.807) is 42.2 Å². The summed E-state index contributed by atoms with van der Waals surface area (Å²) in [6.07, 6.45) is 4.83. The lowest BCUT2D eigenvalue weighted by Gasteiger charge is -2.08. The van der Waals surface area contributed by atoms with E-state index in [2.05, 4.69) is 10.1 Å². The van der Waals surface area contributed by atoms with Gasteiger partial charge < -0.3 is 9.72 Å². The number of rotatable bonds is 3. The monoisotopic (exact) mass is 283 g/mol. The van der Waals surface area contributed by atoms with E-state index in [0.717, 1.165) is 5.69 Å². The summed E-state index contributed by atoms with van der Waals surface area (Å²) >= 11 is 0. The summed E-state index contributed by atoms with van der Waals surface area (Å²) in [5.74, 6) is -0.620. The minimum absolute atomic E-state index is 0.00182. The number of benzene rings is 1. The van der Waals surface area contributed by atoms with Gasteiger partial charge in [0.05, 0.1) is 17.8 Å². The number of H-pyrrole nitrogens is 1. The maximum Gasteiger partial charge on any atom is 0.343 e. The molecular formula is C15H13N3O3. The van der Waals surface area contributed by atoms with Crippen LogP contribution in [0, 0.1) is 0 Å². The van der Waals surface area contributed by atoms with Gasteiger partial charge in [-0.15, -0.1) is 0 Å². The third kappa shape index (κ3) is 2.20. The Balaban J connectivity index is 2.23. The number of hydrogen-bond donors (Lipinski definition) is 1. The molecule has 0 fully saturated rings. The van der Waals surface area contributed by atoms with Gasteiger partial charge in [-0.25, -0.2) is 9.48 Å². The minimum Gasteiger partial charge on any atom is -0.462 e. The molecule has 21 heavy (non-hydrogen) atoms. The molecule has 3 aromatic rings. The van der Waals surface area contributed by atoms with Crippen LogP contribution in [0.5, 0.6) is 0 Å². The first-order valence-corrected chi connectivity index (χ1v) is 6.54. The molecule has 0 radical (unpaired) electrons. The molecule has 0 aliphatic heterocycles. The van der Waals surface area contributed by atoms with Crippen molar-refractivity contribution in [1.82, 2.24) is 14.8 Å². The molecule has 6 nitrogen and oxygen atoms in total. The van der Waals surface area contributed by atoms with Gasteiger partial charge in [-0.2, -0.15) is 5.10 Å². The van der Waals surface area contributed by atoms with Crippen molar-refractivity contribution in [1.29, 1.82) is 0 Å². The topological polar surface area (TPSA) is 77.0 Å². The Bertz CT molecular complexity index is 850. The molecule has 0 unspecified atom stereocenters. The molecule has 1 N–H and O–H groups in total. The van der Waals surface area contributed by atoms with E-state index >= 15 is 0 Å². The van der Waals surface area contributed by atoms with Crippen LogP contribution in [0.4, 0.5) is 0 Å². The third-order valence-electron chi connectivity index (χ3n) is 3.14. The van der Waals surface area contributed by atoms with E-state index in [0.29, 0.717) is 10.9 Å². The molecule has 0 amide bonds. The summed E-state index contributed by atoms with van der Waals surface area (Å²) in [5, 5.41) is 4.58. The number of carbonyl (C=O) groups is 1. The van der Waals surface area contributed by atoms with Gasteiger partial charge in [0, 0.05) is 24.0 Å². The minimum atomic E-state index is -0.620. The quantitative estimate of drug-likeness (QED) is 0.745. The van der Waals surface area contributed by atoms with Crippen LogP contribution in [0.25, 0.3) is 16.6 Å². The molecule has 6 heteroatoms. The van der Waals surface area contributed by atoms with Gasteiger partial charge >= 0.3 is 5.97 Å². The summed E-state index contributed by atoms with van der Waals surface area (Å²) in [6.45, 7) is 1.92. The molecule has 1 aromatic carbocycles. The molecule has 0 bridgehead atoms. The predicted molar refractivity (Wildman–Crippen MR) is 77.6 cm³/mol. The fraction of sp³-hybridized carbons (Fsp3) is 0.133. The lowest BCUT2D eigenvalue weighted by atomic mass is 10.1. The molecule has 2 aromatic heterocycles. The molecule has 3 rings (SSSR count). The van der Waals surface area contributed by atoms with Crippen molar-refractivity contribution in [3.63, 3.8) is 0 Å². The Morgan fingerprint density at radius 3 is 2.95 bits per heavy atom. The number of pyridine rings is 1. The standard InChI is InChI=1S/C15H13N3O3/c1-2-21-15(20)11-9-16-13-10(14(11)19)5-3-6-12(13)18-8-4-7-17-18/h3-9H,2H2,1H3,(H,16,19). The second kappa shape index (κ2) is 5.24. The summed E-state index contributed by atoms with van der Waals surface area (Å²) in [7, 11) is 0. The average Bonchev–Trinajstić information content (AvgIpc) is 3.01. The number of aromatic nitrogens is 3. The van der Waals surface area contributed by atoms with Crippen LogP contribution < -0.4 is 5.43 Å². The van der Waals surface area contributed by atoms with Gasteiger partial charge in [0.15, 0.2) is 0 Å². The summed E-state index contributed by atoms with van der Waals surface area (Å²) in [5.41, 5.74) is 1.02. The van der Waals surface area contributed by atoms with E-state index in [1.165, 1.54) is 6.20 Å². The van der Waals surface area contributed by atoms with Crippen LogP contribution in [0.2, 0.25) is 0 Å². The van der Waals surface area contributed by atoms with Gasteiger partial charge in [0.2, 0.25) is 5.43 Å². The molecule has 2 heterocycles. The summed E-state index contributed by atoms with van der Waals surface area (Å²) < 4.78 is 6.54. The number of nitrogens with one attached hydrogen (secondary N) is 1. The molecule has 106 valence electrons. The smallest absolute Gasteiger partial charge is 0.343 e. The van der Waals surface area contributed by atoms with E-state index in [1.807, 2.05) is 6.07 Å². The Morgan fingerprint density at radius 1 is 1.38 bits per heavy atom. The largest absolute Gasteiger partial charge is 0.462 e. The number of esters is 1. The zero-order chi connectivity index (χ0) is 14.8. The summed E-state index contributed by atoms with van der Waals surface area (Å²) in [6, 6.07) is 7.06. The molecular weight excluding hydrogens is 270 g/mol. The van der Waals surface area contributed by atoms with Crippen LogP contribution in [0.1, 0.15) is 17.3 Å². The Hall–Kier alpha value is -2.89. The lowest BCUT2D eigenvalue weighted by Crippen LogP contribution is -2.18. The van der Waals surface area contributed by atoms with Crippen molar-refractivity contribution in [2.75, 3.05) is 6.61 Å². The van der Waals surface area contributed by atoms with E-state index in [9.17, 15) is 9.59 Å². The maximum absolute atomic E-state index is 12.4.